The van der Waals surface area contributed by atoms with Gasteiger partial charge in [-0.1, -0.05) is 6.07 Å². The SMILES string of the molecule is COc1cccc(-c2ccn[nH]2)n1. The molecule has 0 radical (unpaired) electrons. The standard InChI is InChI=1S/C9H9N3O/c1-13-9-4-2-3-7(11-9)8-5-6-10-12-8/h2-6H,1H3,(H,10,12). The summed E-state index contributed by atoms with van der Waals surface area (Å²) in [5.41, 5.74) is 1.72. The van der Waals surface area contributed by atoms with Gasteiger partial charge in [0.15, 0.2) is 0 Å². The molecule has 0 aromatic carbocycles. The van der Waals surface area contributed by atoms with Gasteiger partial charge in [0.05, 0.1) is 18.5 Å². The number of methoxy groups -OCH3 is 1. The van der Waals surface area contributed by atoms with E-state index >= 15 is 0 Å². The van der Waals surface area contributed by atoms with Gasteiger partial charge in [0.25, 0.3) is 0 Å². The van der Waals surface area contributed by atoms with Crippen LogP contribution in [0.1, 0.15) is 0 Å². The molecule has 0 spiro atoms. The summed E-state index contributed by atoms with van der Waals surface area (Å²) in [6.45, 7) is 0. The molecule has 0 atom stereocenters. The molecule has 0 aliphatic heterocycles. The first-order valence-electron chi connectivity index (χ1n) is 3.91. The fraction of sp³-hybridized carbons (Fsp3) is 0.111. The zero-order valence-corrected chi connectivity index (χ0v) is 7.19. The fourth-order valence-electron chi connectivity index (χ4n) is 1.08. The number of H-pyrrole nitrogens is 1. The Morgan fingerprint density at radius 3 is 2.92 bits per heavy atom. The smallest absolute Gasteiger partial charge is 0.213 e. The monoisotopic (exact) mass is 175 g/mol. The number of hydrogen-bond acceptors (Lipinski definition) is 3. The van der Waals surface area contributed by atoms with Crippen molar-refractivity contribution in [3.05, 3.63) is 30.5 Å². The molecule has 0 aliphatic carbocycles. The van der Waals surface area contributed by atoms with Gasteiger partial charge in [-0.3, -0.25) is 5.10 Å². The summed E-state index contributed by atoms with van der Waals surface area (Å²) in [5.74, 6) is 0.604. The average molecular weight is 175 g/mol. The van der Waals surface area contributed by atoms with Gasteiger partial charge in [-0.05, 0) is 12.1 Å². The molecule has 4 nitrogen and oxygen atoms in total. The lowest BCUT2D eigenvalue weighted by atomic mass is 10.3. The highest BCUT2D eigenvalue weighted by atomic mass is 16.5. The summed E-state index contributed by atoms with van der Waals surface area (Å²) >= 11 is 0. The van der Waals surface area contributed by atoms with Crippen molar-refractivity contribution in [1.29, 1.82) is 0 Å². The number of nitrogens with one attached hydrogen (secondary N) is 1. The molecule has 0 saturated heterocycles. The predicted molar refractivity (Wildman–Crippen MR) is 48.4 cm³/mol. The third-order valence-corrected chi connectivity index (χ3v) is 1.71. The molecule has 0 bridgehead atoms. The van der Waals surface area contributed by atoms with Crippen molar-refractivity contribution < 1.29 is 4.74 Å². The van der Waals surface area contributed by atoms with Crippen LogP contribution in [0, 0.1) is 0 Å². The number of aromatic nitrogens is 3. The number of rotatable bonds is 2. The summed E-state index contributed by atoms with van der Waals surface area (Å²) in [6, 6.07) is 7.46. The Morgan fingerprint density at radius 2 is 2.23 bits per heavy atom. The van der Waals surface area contributed by atoms with Crippen molar-refractivity contribution in [2.75, 3.05) is 7.11 Å². The third-order valence-electron chi connectivity index (χ3n) is 1.71. The van der Waals surface area contributed by atoms with Gasteiger partial charge in [-0.2, -0.15) is 5.10 Å². The van der Waals surface area contributed by atoms with E-state index < -0.39 is 0 Å². The molecule has 4 heteroatoms. The number of nitrogens with zero attached hydrogens (tertiary/aromatic N) is 2. The molecule has 66 valence electrons. The van der Waals surface area contributed by atoms with E-state index in [0.29, 0.717) is 5.88 Å². The summed E-state index contributed by atoms with van der Waals surface area (Å²) in [7, 11) is 1.60. The minimum atomic E-state index is 0.604. The van der Waals surface area contributed by atoms with E-state index in [1.54, 1.807) is 19.4 Å². The normalized spacial score (nSPS) is 9.92. The molecule has 0 fully saturated rings. The van der Waals surface area contributed by atoms with E-state index in [9.17, 15) is 0 Å². The average Bonchev–Trinajstić information content (AvgIpc) is 2.71. The van der Waals surface area contributed by atoms with E-state index in [1.165, 1.54) is 0 Å². The van der Waals surface area contributed by atoms with Crippen LogP contribution in [0.2, 0.25) is 0 Å². The van der Waals surface area contributed by atoms with Crippen LogP contribution in [-0.2, 0) is 0 Å². The molecule has 0 unspecified atom stereocenters. The van der Waals surface area contributed by atoms with Crippen LogP contribution in [0.5, 0.6) is 5.88 Å². The van der Waals surface area contributed by atoms with E-state index in [4.69, 9.17) is 4.74 Å². The van der Waals surface area contributed by atoms with E-state index in [-0.39, 0.29) is 0 Å². The zero-order chi connectivity index (χ0) is 9.10. The maximum Gasteiger partial charge on any atom is 0.213 e. The van der Waals surface area contributed by atoms with Gasteiger partial charge >= 0.3 is 0 Å². The molecule has 0 saturated carbocycles. The molecule has 0 amide bonds. The summed E-state index contributed by atoms with van der Waals surface area (Å²) in [6.07, 6.45) is 1.69. The van der Waals surface area contributed by atoms with Gasteiger partial charge in [0.1, 0.15) is 0 Å². The molecule has 13 heavy (non-hydrogen) atoms. The molecule has 2 heterocycles. The lowest BCUT2D eigenvalue weighted by molar-refractivity contribution is 0.398. The Bertz CT molecular complexity index is 384. The minimum Gasteiger partial charge on any atom is -0.481 e. The Morgan fingerprint density at radius 1 is 1.31 bits per heavy atom. The maximum absolute atomic E-state index is 5.01. The van der Waals surface area contributed by atoms with Crippen LogP contribution in [0.4, 0.5) is 0 Å². The quantitative estimate of drug-likeness (QED) is 0.752. The fourth-order valence-corrected chi connectivity index (χ4v) is 1.08. The first-order valence-corrected chi connectivity index (χ1v) is 3.91. The van der Waals surface area contributed by atoms with E-state index in [0.717, 1.165) is 11.4 Å². The molecule has 2 aromatic heterocycles. The van der Waals surface area contributed by atoms with Gasteiger partial charge in [0, 0.05) is 12.3 Å². The second-order valence-corrected chi connectivity index (χ2v) is 2.54. The van der Waals surface area contributed by atoms with E-state index in [1.807, 2.05) is 18.2 Å². The second kappa shape index (κ2) is 3.26. The molecular weight excluding hydrogens is 166 g/mol. The highest BCUT2D eigenvalue weighted by Gasteiger charge is 2.00. The highest BCUT2D eigenvalue weighted by Crippen LogP contribution is 2.16. The topological polar surface area (TPSA) is 50.8 Å². The predicted octanol–water partition coefficient (Wildman–Crippen LogP) is 1.48. The van der Waals surface area contributed by atoms with Crippen LogP contribution < -0.4 is 4.74 Å². The van der Waals surface area contributed by atoms with Gasteiger partial charge in [-0.15, -0.1) is 0 Å². The summed E-state index contributed by atoms with van der Waals surface area (Å²) in [4.78, 5) is 4.24. The van der Waals surface area contributed by atoms with Crippen molar-refractivity contribution in [2.45, 2.75) is 0 Å². The van der Waals surface area contributed by atoms with Crippen molar-refractivity contribution in [2.24, 2.45) is 0 Å². The lowest BCUT2D eigenvalue weighted by Crippen LogP contribution is -1.89. The van der Waals surface area contributed by atoms with Crippen molar-refractivity contribution in [3.8, 4) is 17.3 Å². The number of hydrogen-bond donors (Lipinski definition) is 1. The highest BCUT2D eigenvalue weighted by molar-refractivity contribution is 5.53. The van der Waals surface area contributed by atoms with Crippen LogP contribution >= 0.6 is 0 Å². The molecule has 2 rings (SSSR count). The van der Waals surface area contributed by atoms with Crippen molar-refractivity contribution in [3.63, 3.8) is 0 Å². The Kier molecular flexibility index (Phi) is 1.96. The zero-order valence-electron chi connectivity index (χ0n) is 7.19. The van der Waals surface area contributed by atoms with Crippen LogP contribution in [-0.4, -0.2) is 22.3 Å². The Hall–Kier alpha value is -1.84. The van der Waals surface area contributed by atoms with Crippen LogP contribution in [0.25, 0.3) is 11.4 Å². The molecular formula is C9H9N3O. The number of pyridine rings is 1. The van der Waals surface area contributed by atoms with Gasteiger partial charge < -0.3 is 4.74 Å². The van der Waals surface area contributed by atoms with Crippen LogP contribution in [0.15, 0.2) is 30.5 Å². The largest absolute Gasteiger partial charge is 0.481 e. The third kappa shape index (κ3) is 1.51. The minimum absolute atomic E-state index is 0.604. The molecule has 2 aromatic rings. The van der Waals surface area contributed by atoms with Gasteiger partial charge in [-0.25, -0.2) is 4.98 Å². The number of aromatic amines is 1. The summed E-state index contributed by atoms with van der Waals surface area (Å²) in [5, 5.41) is 6.68. The second-order valence-electron chi connectivity index (χ2n) is 2.54. The Balaban J connectivity index is 2.41. The first-order chi connectivity index (χ1) is 6.40. The lowest BCUT2D eigenvalue weighted by Gasteiger charge is -2.00. The first kappa shape index (κ1) is 7.79. The van der Waals surface area contributed by atoms with Crippen molar-refractivity contribution in [1.82, 2.24) is 15.2 Å². The Labute approximate surface area is 75.6 Å². The van der Waals surface area contributed by atoms with Crippen LogP contribution in [0.3, 0.4) is 0 Å². The van der Waals surface area contributed by atoms with E-state index in [2.05, 4.69) is 15.2 Å². The van der Waals surface area contributed by atoms with Gasteiger partial charge in [0.2, 0.25) is 5.88 Å². The number of ether oxygens (including phenoxy) is 1. The maximum atomic E-state index is 5.01. The summed E-state index contributed by atoms with van der Waals surface area (Å²) < 4.78 is 5.01. The molecule has 0 aliphatic rings. The van der Waals surface area contributed by atoms with Crippen molar-refractivity contribution >= 4 is 0 Å². The molecule has 1 N–H and O–H groups in total.